The summed E-state index contributed by atoms with van der Waals surface area (Å²) in [6.07, 6.45) is 1.69. The van der Waals surface area contributed by atoms with Crippen LogP contribution in [0.3, 0.4) is 0 Å². The van der Waals surface area contributed by atoms with Crippen LogP contribution in [0.2, 0.25) is 0 Å². The molecule has 1 aromatic carbocycles. The van der Waals surface area contributed by atoms with Gasteiger partial charge in [-0.3, -0.25) is 0 Å². The van der Waals surface area contributed by atoms with Gasteiger partial charge in [0, 0.05) is 24.0 Å². The van der Waals surface area contributed by atoms with E-state index in [4.69, 9.17) is 4.74 Å². The van der Waals surface area contributed by atoms with Crippen LogP contribution in [0.4, 0.5) is 0 Å². The van der Waals surface area contributed by atoms with Gasteiger partial charge < -0.3 is 4.74 Å². The van der Waals surface area contributed by atoms with Gasteiger partial charge in [0.05, 0.1) is 7.11 Å². The van der Waals surface area contributed by atoms with Crippen LogP contribution in [-0.2, 0) is 14.8 Å². The van der Waals surface area contributed by atoms with Crippen molar-refractivity contribution in [3.63, 3.8) is 0 Å². The van der Waals surface area contributed by atoms with Crippen molar-refractivity contribution in [3.05, 3.63) is 40.6 Å². The third kappa shape index (κ3) is 2.91. The fourth-order valence-corrected chi connectivity index (χ4v) is 5.90. The zero-order valence-corrected chi connectivity index (χ0v) is 14.3. The molecule has 1 saturated heterocycles. The van der Waals surface area contributed by atoms with Gasteiger partial charge in [-0.05, 0) is 18.4 Å². The lowest BCUT2D eigenvalue weighted by Gasteiger charge is -2.17. The van der Waals surface area contributed by atoms with Crippen molar-refractivity contribution in [2.75, 3.05) is 20.2 Å². The summed E-state index contributed by atoms with van der Waals surface area (Å²) < 4.78 is 32.3. The van der Waals surface area contributed by atoms with Gasteiger partial charge in [-0.1, -0.05) is 30.3 Å². The first-order chi connectivity index (χ1) is 11.1. The maximum atomic E-state index is 13.1. The Morgan fingerprint density at radius 2 is 1.83 bits per heavy atom. The van der Waals surface area contributed by atoms with Gasteiger partial charge in [0.1, 0.15) is 9.77 Å². The number of rotatable bonds is 4. The quantitative estimate of drug-likeness (QED) is 0.795. The number of esters is 1. The van der Waals surface area contributed by atoms with E-state index in [0.29, 0.717) is 18.7 Å². The van der Waals surface area contributed by atoms with Crippen LogP contribution >= 0.6 is 11.3 Å². The molecule has 0 spiro atoms. The Kier molecular flexibility index (Phi) is 4.52. The molecule has 0 atom stereocenters. The minimum Gasteiger partial charge on any atom is -0.465 e. The summed E-state index contributed by atoms with van der Waals surface area (Å²) >= 11 is 1.11. The van der Waals surface area contributed by atoms with Gasteiger partial charge in [-0.15, -0.1) is 11.3 Å². The molecule has 0 amide bonds. The highest BCUT2D eigenvalue weighted by Crippen LogP contribution is 2.38. The molecule has 1 aliphatic heterocycles. The maximum Gasteiger partial charge on any atom is 0.349 e. The molecular formula is C16H17NO4S2. The first-order valence-corrected chi connectivity index (χ1v) is 9.63. The third-order valence-electron chi connectivity index (χ3n) is 3.86. The second-order valence-corrected chi connectivity index (χ2v) is 8.03. The lowest BCUT2D eigenvalue weighted by atomic mass is 10.1. The van der Waals surface area contributed by atoms with Crippen molar-refractivity contribution < 1.29 is 17.9 Å². The normalized spacial score (nSPS) is 15.7. The van der Waals surface area contributed by atoms with E-state index in [-0.39, 0.29) is 9.77 Å². The number of carbonyl (C=O) groups is 1. The monoisotopic (exact) mass is 351 g/mol. The molecule has 2 heterocycles. The van der Waals surface area contributed by atoms with Crippen molar-refractivity contribution in [2.45, 2.75) is 17.7 Å². The molecule has 1 aliphatic rings. The molecule has 0 N–H and O–H groups in total. The highest BCUT2D eigenvalue weighted by Gasteiger charge is 2.35. The molecule has 3 rings (SSSR count). The Morgan fingerprint density at radius 1 is 1.17 bits per heavy atom. The van der Waals surface area contributed by atoms with E-state index in [1.165, 1.54) is 11.4 Å². The number of ether oxygens (including phenoxy) is 1. The summed E-state index contributed by atoms with van der Waals surface area (Å²) in [5, 5.41) is 1.71. The lowest BCUT2D eigenvalue weighted by Crippen LogP contribution is -2.29. The average molecular weight is 351 g/mol. The Balaban J connectivity index is 2.19. The number of hydrogen-bond acceptors (Lipinski definition) is 5. The lowest BCUT2D eigenvalue weighted by molar-refractivity contribution is 0.0602. The highest BCUT2D eigenvalue weighted by atomic mass is 32.2. The predicted molar refractivity (Wildman–Crippen MR) is 89.1 cm³/mol. The number of carbonyl (C=O) groups excluding carboxylic acids is 1. The molecule has 5 nitrogen and oxygen atoms in total. The summed E-state index contributed by atoms with van der Waals surface area (Å²) in [6, 6.07) is 9.23. The Bertz CT molecular complexity index is 806. The second kappa shape index (κ2) is 6.43. The van der Waals surface area contributed by atoms with Crippen molar-refractivity contribution in [1.29, 1.82) is 0 Å². The molecular weight excluding hydrogens is 334 g/mol. The fourth-order valence-electron chi connectivity index (χ4n) is 2.71. The van der Waals surface area contributed by atoms with Crippen LogP contribution in [-0.4, -0.2) is 38.9 Å². The average Bonchev–Trinajstić information content (AvgIpc) is 3.24. The predicted octanol–water partition coefficient (Wildman–Crippen LogP) is 2.99. The van der Waals surface area contributed by atoms with Gasteiger partial charge in [0.2, 0.25) is 10.0 Å². The molecule has 2 aromatic rings. The van der Waals surface area contributed by atoms with Crippen molar-refractivity contribution in [2.24, 2.45) is 0 Å². The van der Waals surface area contributed by atoms with Gasteiger partial charge in [-0.25, -0.2) is 13.2 Å². The minimum atomic E-state index is -3.72. The number of methoxy groups -OCH3 is 1. The standard InChI is InChI=1S/C16H17NO4S2/c1-21-16(18)14-15(23(19,20)17-9-5-6-10-17)13(11-22-14)12-7-3-2-4-8-12/h2-4,7-8,11H,5-6,9-10H2,1H3. The molecule has 1 aromatic heterocycles. The van der Waals surface area contributed by atoms with E-state index in [9.17, 15) is 13.2 Å². The minimum absolute atomic E-state index is 0.0717. The summed E-state index contributed by atoms with van der Waals surface area (Å²) in [5.41, 5.74) is 1.33. The molecule has 1 fully saturated rings. The first-order valence-electron chi connectivity index (χ1n) is 7.31. The van der Waals surface area contributed by atoms with Crippen LogP contribution in [0, 0.1) is 0 Å². The molecule has 0 saturated carbocycles. The fraction of sp³-hybridized carbons (Fsp3) is 0.312. The van der Waals surface area contributed by atoms with E-state index < -0.39 is 16.0 Å². The van der Waals surface area contributed by atoms with E-state index in [1.54, 1.807) is 5.38 Å². The molecule has 0 bridgehead atoms. The largest absolute Gasteiger partial charge is 0.465 e. The Hall–Kier alpha value is -1.70. The first kappa shape index (κ1) is 16.2. The number of benzene rings is 1. The maximum absolute atomic E-state index is 13.1. The summed E-state index contributed by atoms with van der Waals surface area (Å²) in [6.45, 7) is 0.986. The molecule has 7 heteroatoms. The van der Waals surface area contributed by atoms with Crippen molar-refractivity contribution >= 4 is 27.3 Å². The number of nitrogens with zero attached hydrogens (tertiary/aromatic N) is 1. The molecule has 0 radical (unpaired) electrons. The summed E-state index contributed by atoms with van der Waals surface area (Å²) in [5.74, 6) is -0.616. The van der Waals surface area contributed by atoms with E-state index in [1.807, 2.05) is 30.3 Å². The second-order valence-electron chi connectivity index (χ2n) is 5.28. The molecule has 0 unspecified atom stereocenters. The van der Waals surface area contributed by atoms with Gasteiger partial charge in [0.15, 0.2) is 0 Å². The van der Waals surface area contributed by atoms with Gasteiger partial charge in [-0.2, -0.15) is 4.31 Å². The zero-order valence-electron chi connectivity index (χ0n) is 12.7. The van der Waals surface area contributed by atoms with Crippen molar-refractivity contribution in [1.82, 2.24) is 4.31 Å². The smallest absolute Gasteiger partial charge is 0.349 e. The Morgan fingerprint density at radius 3 is 2.43 bits per heavy atom. The van der Waals surface area contributed by atoms with E-state index in [0.717, 1.165) is 29.7 Å². The third-order valence-corrected chi connectivity index (χ3v) is 6.94. The van der Waals surface area contributed by atoms with E-state index in [2.05, 4.69) is 0 Å². The topological polar surface area (TPSA) is 63.7 Å². The molecule has 122 valence electrons. The van der Waals surface area contributed by atoms with Gasteiger partial charge >= 0.3 is 5.97 Å². The van der Waals surface area contributed by atoms with Crippen LogP contribution in [0.5, 0.6) is 0 Å². The van der Waals surface area contributed by atoms with Crippen LogP contribution in [0.1, 0.15) is 22.5 Å². The molecule has 23 heavy (non-hydrogen) atoms. The number of thiophene rings is 1. The van der Waals surface area contributed by atoms with E-state index >= 15 is 0 Å². The number of sulfonamides is 1. The summed E-state index contributed by atoms with van der Waals surface area (Å²) in [7, 11) is -2.46. The summed E-state index contributed by atoms with van der Waals surface area (Å²) in [4.78, 5) is 12.3. The van der Waals surface area contributed by atoms with Crippen LogP contribution < -0.4 is 0 Å². The zero-order chi connectivity index (χ0) is 16.4. The Labute approximate surface area is 139 Å². The van der Waals surface area contributed by atoms with Crippen LogP contribution in [0.15, 0.2) is 40.6 Å². The molecule has 0 aliphatic carbocycles. The number of hydrogen-bond donors (Lipinski definition) is 0. The van der Waals surface area contributed by atoms with Crippen molar-refractivity contribution in [3.8, 4) is 11.1 Å². The van der Waals surface area contributed by atoms with Gasteiger partial charge in [0.25, 0.3) is 0 Å². The SMILES string of the molecule is COC(=O)c1scc(-c2ccccc2)c1S(=O)(=O)N1CCCC1. The van der Waals surface area contributed by atoms with Crippen LogP contribution in [0.25, 0.3) is 11.1 Å². The highest BCUT2D eigenvalue weighted by molar-refractivity contribution is 7.89.